The third-order valence-electron chi connectivity index (χ3n) is 4.92. The molecule has 140 valence electrons. The highest BCUT2D eigenvalue weighted by Crippen LogP contribution is 2.29. The van der Waals surface area contributed by atoms with Crippen molar-refractivity contribution in [2.24, 2.45) is 0 Å². The Morgan fingerprint density at radius 2 is 1.96 bits per heavy atom. The molecule has 0 aliphatic carbocycles. The van der Waals surface area contributed by atoms with E-state index in [0.29, 0.717) is 23.1 Å². The van der Waals surface area contributed by atoms with Gasteiger partial charge in [-0.2, -0.15) is 0 Å². The van der Waals surface area contributed by atoms with E-state index in [4.69, 9.17) is 0 Å². The number of halogens is 1. The first-order valence-electron chi connectivity index (χ1n) is 8.94. The lowest BCUT2D eigenvalue weighted by molar-refractivity contribution is -0.117. The summed E-state index contributed by atoms with van der Waals surface area (Å²) in [6, 6.07) is 11.8. The molecular weight excluding hydrogens is 365 g/mol. The van der Waals surface area contributed by atoms with Crippen molar-refractivity contribution in [3.8, 4) is 5.75 Å². The van der Waals surface area contributed by atoms with Gasteiger partial charge in [-0.1, -0.05) is 23.5 Å². The number of carbonyl (C=O) groups is 1. The number of anilines is 1. The van der Waals surface area contributed by atoms with Gasteiger partial charge in [0.2, 0.25) is 5.91 Å². The van der Waals surface area contributed by atoms with Crippen molar-refractivity contribution in [1.82, 2.24) is 9.88 Å². The van der Waals surface area contributed by atoms with Gasteiger partial charge in [0.1, 0.15) is 11.6 Å². The number of hydrogen-bond acceptors (Lipinski definition) is 5. The molecule has 1 aromatic heterocycles. The van der Waals surface area contributed by atoms with Crippen LogP contribution in [0.3, 0.4) is 0 Å². The number of hydrogen-bond donors (Lipinski definition) is 2. The van der Waals surface area contributed by atoms with Crippen LogP contribution in [0.2, 0.25) is 0 Å². The molecule has 1 amide bonds. The second-order valence-electron chi connectivity index (χ2n) is 6.82. The number of thiazole rings is 1. The largest absolute Gasteiger partial charge is 0.508 e. The third-order valence-corrected chi connectivity index (χ3v) is 5.85. The van der Waals surface area contributed by atoms with Gasteiger partial charge in [-0.25, -0.2) is 9.37 Å². The molecule has 1 aliphatic heterocycles. The zero-order chi connectivity index (χ0) is 18.8. The number of amides is 1. The smallest absolute Gasteiger partial charge is 0.240 e. The zero-order valence-electron chi connectivity index (χ0n) is 14.7. The standard InChI is InChI=1S/C20H20FN3O2S/c21-15-3-6-17-18(11-15)27-20(22-17)23-19(26)12-24-9-7-14(8-10-24)13-1-4-16(25)5-2-13/h1-6,11,14,25H,7-10,12H2,(H,22,23,26). The van der Waals surface area contributed by atoms with Crippen LogP contribution in [0.5, 0.6) is 5.75 Å². The Bertz CT molecular complexity index is 950. The van der Waals surface area contributed by atoms with Crippen molar-refractivity contribution in [3.63, 3.8) is 0 Å². The number of fused-ring (bicyclic) bond motifs is 1. The van der Waals surface area contributed by atoms with Crippen molar-refractivity contribution in [1.29, 1.82) is 0 Å². The number of phenolic OH excluding ortho intramolecular Hbond substituents is 1. The third kappa shape index (κ3) is 4.26. The Hall–Kier alpha value is -2.51. The lowest BCUT2D eigenvalue weighted by Gasteiger charge is -2.31. The molecular formula is C20H20FN3O2S. The highest BCUT2D eigenvalue weighted by molar-refractivity contribution is 7.22. The van der Waals surface area contributed by atoms with Crippen LogP contribution >= 0.6 is 11.3 Å². The summed E-state index contributed by atoms with van der Waals surface area (Å²) in [6.45, 7) is 2.03. The van der Waals surface area contributed by atoms with Gasteiger partial charge >= 0.3 is 0 Å². The van der Waals surface area contributed by atoms with E-state index in [1.54, 1.807) is 18.2 Å². The van der Waals surface area contributed by atoms with E-state index >= 15 is 0 Å². The van der Waals surface area contributed by atoms with E-state index in [0.717, 1.165) is 30.6 Å². The number of likely N-dealkylation sites (tertiary alicyclic amines) is 1. The summed E-state index contributed by atoms with van der Waals surface area (Å²) in [5, 5.41) is 12.7. The van der Waals surface area contributed by atoms with Crippen LogP contribution in [0.15, 0.2) is 42.5 Å². The average molecular weight is 385 g/mol. The number of nitrogens with one attached hydrogen (secondary N) is 1. The normalized spacial score (nSPS) is 15.9. The monoisotopic (exact) mass is 385 g/mol. The molecule has 1 saturated heterocycles. The van der Waals surface area contributed by atoms with E-state index in [-0.39, 0.29) is 17.5 Å². The maximum absolute atomic E-state index is 13.3. The molecule has 2 N–H and O–H groups in total. The van der Waals surface area contributed by atoms with Crippen molar-refractivity contribution in [2.45, 2.75) is 18.8 Å². The zero-order valence-corrected chi connectivity index (χ0v) is 15.5. The van der Waals surface area contributed by atoms with Gasteiger partial charge in [-0.15, -0.1) is 0 Å². The van der Waals surface area contributed by atoms with E-state index in [1.807, 2.05) is 12.1 Å². The molecule has 27 heavy (non-hydrogen) atoms. The fourth-order valence-corrected chi connectivity index (χ4v) is 4.39. The molecule has 0 spiro atoms. The van der Waals surface area contributed by atoms with E-state index in [2.05, 4.69) is 15.2 Å². The summed E-state index contributed by atoms with van der Waals surface area (Å²) in [7, 11) is 0. The van der Waals surface area contributed by atoms with Gasteiger partial charge in [0.15, 0.2) is 5.13 Å². The SMILES string of the molecule is O=C(CN1CCC(c2ccc(O)cc2)CC1)Nc1nc2ccc(F)cc2s1. The predicted molar refractivity (Wildman–Crippen MR) is 105 cm³/mol. The number of aromatic hydroxyl groups is 1. The lowest BCUT2D eigenvalue weighted by Crippen LogP contribution is -2.38. The van der Waals surface area contributed by atoms with Gasteiger partial charge in [0.05, 0.1) is 16.8 Å². The van der Waals surface area contributed by atoms with Crippen molar-refractivity contribution in [3.05, 3.63) is 53.8 Å². The summed E-state index contributed by atoms with van der Waals surface area (Å²) in [6.07, 6.45) is 1.97. The Morgan fingerprint density at radius 1 is 1.22 bits per heavy atom. The second kappa shape index (κ2) is 7.62. The molecule has 1 fully saturated rings. The Morgan fingerprint density at radius 3 is 2.70 bits per heavy atom. The number of piperidine rings is 1. The van der Waals surface area contributed by atoms with Crippen LogP contribution in [0, 0.1) is 5.82 Å². The van der Waals surface area contributed by atoms with Crippen molar-refractivity contribution < 1.29 is 14.3 Å². The minimum absolute atomic E-state index is 0.0994. The van der Waals surface area contributed by atoms with E-state index < -0.39 is 0 Å². The number of rotatable bonds is 4. The van der Waals surface area contributed by atoms with Crippen LogP contribution in [-0.2, 0) is 4.79 Å². The topological polar surface area (TPSA) is 65.5 Å². The second-order valence-corrected chi connectivity index (χ2v) is 7.85. The highest BCUT2D eigenvalue weighted by Gasteiger charge is 2.22. The number of phenols is 1. The fourth-order valence-electron chi connectivity index (χ4n) is 3.48. The van der Waals surface area contributed by atoms with Gasteiger partial charge in [0, 0.05) is 0 Å². The molecule has 7 heteroatoms. The van der Waals surface area contributed by atoms with Gasteiger partial charge in [0.25, 0.3) is 0 Å². The molecule has 4 rings (SSSR count). The first-order valence-corrected chi connectivity index (χ1v) is 9.76. The summed E-state index contributed by atoms with van der Waals surface area (Å²) in [5.41, 5.74) is 1.92. The molecule has 2 aromatic carbocycles. The van der Waals surface area contributed by atoms with Crippen LogP contribution in [0.25, 0.3) is 10.2 Å². The molecule has 0 radical (unpaired) electrons. The Kier molecular flexibility index (Phi) is 5.05. The summed E-state index contributed by atoms with van der Waals surface area (Å²) < 4.78 is 14.0. The van der Waals surface area contributed by atoms with Crippen molar-refractivity contribution in [2.75, 3.05) is 25.0 Å². The molecule has 2 heterocycles. The minimum atomic E-state index is -0.305. The lowest BCUT2D eigenvalue weighted by atomic mass is 9.89. The Labute approximate surface area is 160 Å². The maximum atomic E-state index is 13.3. The van der Waals surface area contributed by atoms with Gasteiger partial charge in [-0.05, 0) is 67.7 Å². The number of carbonyl (C=O) groups excluding carboxylic acids is 1. The molecule has 3 aromatic rings. The number of benzene rings is 2. The molecule has 0 unspecified atom stereocenters. The quantitative estimate of drug-likeness (QED) is 0.714. The molecule has 5 nitrogen and oxygen atoms in total. The summed E-state index contributed by atoms with van der Waals surface area (Å²) in [5.74, 6) is 0.340. The van der Waals surface area contributed by atoms with Crippen LogP contribution in [0.4, 0.5) is 9.52 Å². The van der Waals surface area contributed by atoms with Crippen LogP contribution in [0.1, 0.15) is 24.3 Å². The van der Waals surface area contributed by atoms with Crippen molar-refractivity contribution >= 4 is 32.6 Å². The average Bonchev–Trinajstić information content (AvgIpc) is 3.04. The van der Waals surface area contributed by atoms with Crippen LogP contribution in [-0.4, -0.2) is 40.5 Å². The fraction of sp³-hybridized carbons (Fsp3) is 0.300. The summed E-state index contributed by atoms with van der Waals surface area (Å²) in [4.78, 5) is 18.8. The number of aromatic nitrogens is 1. The Balaban J connectivity index is 1.30. The van der Waals surface area contributed by atoms with Gasteiger partial charge in [-0.3, -0.25) is 9.69 Å². The predicted octanol–water partition coefficient (Wildman–Crippen LogP) is 3.96. The van der Waals surface area contributed by atoms with E-state index in [1.165, 1.54) is 29.0 Å². The maximum Gasteiger partial charge on any atom is 0.240 e. The first-order chi connectivity index (χ1) is 13.1. The highest BCUT2D eigenvalue weighted by atomic mass is 32.1. The summed E-state index contributed by atoms with van der Waals surface area (Å²) >= 11 is 1.28. The van der Waals surface area contributed by atoms with E-state index in [9.17, 15) is 14.3 Å². The van der Waals surface area contributed by atoms with Gasteiger partial charge < -0.3 is 10.4 Å². The number of nitrogens with zero attached hydrogens (tertiary/aromatic N) is 2. The molecule has 0 atom stereocenters. The first kappa shape index (κ1) is 17.9. The minimum Gasteiger partial charge on any atom is -0.508 e. The molecule has 1 aliphatic rings. The van der Waals surface area contributed by atoms with Crippen LogP contribution < -0.4 is 5.32 Å². The molecule has 0 saturated carbocycles. The molecule has 0 bridgehead atoms.